The maximum absolute atomic E-state index is 12.5. The molecular weight excluding hydrogens is 404 g/mol. The molecule has 3 heterocycles. The average molecular weight is 435 g/mol. The van der Waals surface area contributed by atoms with Gasteiger partial charge in [0.1, 0.15) is 5.65 Å². The number of fused-ring (bicyclic) bond motifs is 1. The Morgan fingerprint density at radius 1 is 1.16 bits per heavy atom. The highest BCUT2D eigenvalue weighted by Crippen LogP contribution is 2.36. The number of carbonyl (C=O) groups excluding carboxylic acids is 1. The van der Waals surface area contributed by atoms with Gasteiger partial charge in [-0.2, -0.15) is 4.98 Å². The second-order valence-electron chi connectivity index (χ2n) is 8.60. The van der Waals surface area contributed by atoms with Crippen LogP contribution in [0.4, 0.5) is 17.3 Å². The van der Waals surface area contributed by atoms with Crippen LogP contribution < -0.4 is 15.5 Å². The van der Waals surface area contributed by atoms with Gasteiger partial charge in [-0.05, 0) is 44.0 Å². The van der Waals surface area contributed by atoms with Gasteiger partial charge in [0.15, 0.2) is 0 Å². The molecule has 1 aliphatic carbocycles. The van der Waals surface area contributed by atoms with Gasteiger partial charge < -0.3 is 24.8 Å². The summed E-state index contributed by atoms with van der Waals surface area (Å²) in [6.45, 7) is 6.05. The Bertz CT molecular complexity index is 1110. The standard InChI is InChI=1S/C24H30N6O2/c1-16-21(23(31)32-2)20-15-26-24(28-22(20)30(16)19-5-3-4-6-19)27-17-7-9-18(10-8-17)29-13-11-25-12-14-29/h7-10,15,19,25H,3-6,11-14H2,1-2H3,(H,26,27,28). The number of methoxy groups -OCH3 is 1. The summed E-state index contributed by atoms with van der Waals surface area (Å²) in [5.74, 6) is 0.192. The van der Waals surface area contributed by atoms with Crippen LogP contribution in [0.25, 0.3) is 11.0 Å². The molecule has 2 aliphatic rings. The first-order valence-corrected chi connectivity index (χ1v) is 11.4. The first-order valence-electron chi connectivity index (χ1n) is 11.4. The van der Waals surface area contributed by atoms with Gasteiger partial charge in [0.25, 0.3) is 0 Å². The van der Waals surface area contributed by atoms with E-state index in [0.717, 1.165) is 61.4 Å². The van der Waals surface area contributed by atoms with E-state index in [4.69, 9.17) is 9.72 Å². The highest BCUT2D eigenvalue weighted by molar-refractivity contribution is 6.05. The number of carbonyl (C=O) groups is 1. The molecule has 0 atom stereocenters. The van der Waals surface area contributed by atoms with Crippen molar-refractivity contribution < 1.29 is 9.53 Å². The Morgan fingerprint density at radius 3 is 2.56 bits per heavy atom. The van der Waals surface area contributed by atoms with Gasteiger partial charge >= 0.3 is 5.97 Å². The topological polar surface area (TPSA) is 84.3 Å². The number of benzene rings is 1. The lowest BCUT2D eigenvalue weighted by molar-refractivity contribution is 0.0601. The second-order valence-corrected chi connectivity index (χ2v) is 8.60. The molecule has 0 bridgehead atoms. The summed E-state index contributed by atoms with van der Waals surface area (Å²) in [7, 11) is 1.42. The van der Waals surface area contributed by atoms with E-state index in [2.05, 4.69) is 49.4 Å². The predicted octanol–water partition coefficient (Wildman–Crippen LogP) is 3.79. The SMILES string of the molecule is COC(=O)c1c(C)n(C2CCCC2)c2nc(Nc3ccc(N4CCNCC4)cc3)ncc12. The first kappa shape index (κ1) is 20.8. The van der Waals surface area contributed by atoms with E-state index in [9.17, 15) is 4.79 Å². The van der Waals surface area contributed by atoms with Gasteiger partial charge in [0.05, 0.1) is 18.1 Å². The Hall–Kier alpha value is -3.13. The zero-order valence-corrected chi connectivity index (χ0v) is 18.7. The number of hydrogen-bond donors (Lipinski definition) is 2. The van der Waals surface area contributed by atoms with Crippen molar-refractivity contribution in [3.8, 4) is 0 Å². The molecule has 5 rings (SSSR count). The highest BCUT2D eigenvalue weighted by Gasteiger charge is 2.28. The molecule has 1 saturated carbocycles. The van der Waals surface area contributed by atoms with Crippen molar-refractivity contribution in [3.63, 3.8) is 0 Å². The van der Waals surface area contributed by atoms with Crippen molar-refractivity contribution in [2.24, 2.45) is 0 Å². The van der Waals surface area contributed by atoms with Crippen molar-refractivity contribution in [3.05, 3.63) is 41.7 Å². The fraction of sp³-hybridized carbons (Fsp3) is 0.458. The van der Waals surface area contributed by atoms with Gasteiger partial charge in [0.2, 0.25) is 5.95 Å². The summed E-state index contributed by atoms with van der Waals surface area (Å²) in [5, 5.41) is 7.47. The molecule has 168 valence electrons. The van der Waals surface area contributed by atoms with E-state index in [1.807, 2.05) is 6.92 Å². The lowest BCUT2D eigenvalue weighted by atomic mass is 10.2. The van der Waals surface area contributed by atoms with Crippen molar-refractivity contribution in [2.45, 2.75) is 38.6 Å². The van der Waals surface area contributed by atoms with Crippen LogP contribution in [0.15, 0.2) is 30.5 Å². The number of aromatic nitrogens is 3. The fourth-order valence-electron chi connectivity index (χ4n) is 5.04. The Morgan fingerprint density at radius 2 is 1.88 bits per heavy atom. The monoisotopic (exact) mass is 434 g/mol. The summed E-state index contributed by atoms with van der Waals surface area (Å²) in [6, 6.07) is 8.75. The van der Waals surface area contributed by atoms with Crippen LogP contribution in [0.3, 0.4) is 0 Å². The predicted molar refractivity (Wildman–Crippen MR) is 126 cm³/mol. The van der Waals surface area contributed by atoms with Gasteiger partial charge in [0, 0.05) is 55.5 Å². The summed E-state index contributed by atoms with van der Waals surface area (Å²) in [5.41, 5.74) is 4.44. The third-order valence-corrected chi connectivity index (χ3v) is 6.67. The van der Waals surface area contributed by atoms with Crippen LogP contribution in [0, 0.1) is 6.92 Å². The molecule has 2 fully saturated rings. The molecule has 1 saturated heterocycles. The maximum Gasteiger partial charge on any atom is 0.340 e. The minimum absolute atomic E-state index is 0.336. The molecule has 8 heteroatoms. The molecule has 2 N–H and O–H groups in total. The molecule has 0 unspecified atom stereocenters. The smallest absolute Gasteiger partial charge is 0.340 e. The molecule has 32 heavy (non-hydrogen) atoms. The average Bonchev–Trinajstić information content (AvgIpc) is 3.45. The lowest BCUT2D eigenvalue weighted by Crippen LogP contribution is -2.43. The Kier molecular flexibility index (Phi) is 5.70. The van der Waals surface area contributed by atoms with Crippen LogP contribution in [-0.4, -0.2) is 53.8 Å². The number of ether oxygens (including phenoxy) is 1. The molecule has 3 aromatic rings. The summed E-state index contributed by atoms with van der Waals surface area (Å²) < 4.78 is 7.27. The summed E-state index contributed by atoms with van der Waals surface area (Å²) >= 11 is 0. The number of esters is 1. The van der Waals surface area contributed by atoms with Crippen LogP contribution in [0.5, 0.6) is 0 Å². The first-order chi connectivity index (χ1) is 15.7. The van der Waals surface area contributed by atoms with Gasteiger partial charge in [-0.1, -0.05) is 12.8 Å². The van der Waals surface area contributed by atoms with Crippen LogP contribution in [-0.2, 0) is 4.74 Å². The molecular formula is C24H30N6O2. The molecule has 2 aromatic heterocycles. The molecule has 8 nitrogen and oxygen atoms in total. The van der Waals surface area contributed by atoms with Crippen molar-refractivity contribution in [2.75, 3.05) is 43.5 Å². The van der Waals surface area contributed by atoms with E-state index < -0.39 is 0 Å². The van der Waals surface area contributed by atoms with Crippen LogP contribution in [0.2, 0.25) is 0 Å². The minimum Gasteiger partial charge on any atom is -0.465 e. The van der Waals surface area contributed by atoms with E-state index in [1.165, 1.54) is 25.6 Å². The molecule has 0 amide bonds. The second kappa shape index (κ2) is 8.78. The van der Waals surface area contributed by atoms with Gasteiger partial charge in [-0.3, -0.25) is 0 Å². The Labute approximate surface area is 188 Å². The van der Waals surface area contributed by atoms with Crippen LogP contribution in [0.1, 0.15) is 47.8 Å². The number of rotatable bonds is 5. The number of piperazine rings is 1. The summed E-state index contributed by atoms with van der Waals surface area (Å²) in [4.78, 5) is 24.2. The minimum atomic E-state index is -0.336. The van der Waals surface area contributed by atoms with E-state index in [0.29, 0.717) is 17.6 Å². The third kappa shape index (κ3) is 3.79. The van der Waals surface area contributed by atoms with E-state index in [-0.39, 0.29) is 5.97 Å². The fourth-order valence-corrected chi connectivity index (χ4v) is 5.04. The maximum atomic E-state index is 12.5. The zero-order chi connectivity index (χ0) is 22.1. The van der Waals surface area contributed by atoms with Gasteiger partial charge in [-0.25, -0.2) is 9.78 Å². The number of nitrogens with one attached hydrogen (secondary N) is 2. The molecule has 0 spiro atoms. The lowest BCUT2D eigenvalue weighted by Gasteiger charge is -2.29. The largest absolute Gasteiger partial charge is 0.465 e. The van der Waals surface area contributed by atoms with Crippen molar-refractivity contribution >= 4 is 34.3 Å². The quantitative estimate of drug-likeness (QED) is 0.591. The van der Waals surface area contributed by atoms with Crippen LogP contribution >= 0.6 is 0 Å². The molecule has 1 aromatic carbocycles. The van der Waals surface area contributed by atoms with Crippen molar-refractivity contribution in [1.29, 1.82) is 0 Å². The zero-order valence-electron chi connectivity index (χ0n) is 18.7. The highest BCUT2D eigenvalue weighted by atomic mass is 16.5. The number of nitrogens with zero attached hydrogens (tertiary/aromatic N) is 4. The Balaban J connectivity index is 1.46. The molecule has 0 radical (unpaired) electrons. The molecule has 1 aliphatic heterocycles. The van der Waals surface area contributed by atoms with E-state index >= 15 is 0 Å². The van der Waals surface area contributed by atoms with E-state index in [1.54, 1.807) is 6.20 Å². The summed E-state index contributed by atoms with van der Waals surface area (Å²) in [6.07, 6.45) is 6.35. The van der Waals surface area contributed by atoms with Crippen molar-refractivity contribution in [1.82, 2.24) is 19.9 Å². The van der Waals surface area contributed by atoms with Gasteiger partial charge in [-0.15, -0.1) is 0 Å². The number of anilines is 3. The number of hydrogen-bond acceptors (Lipinski definition) is 7. The third-order valence-electron chi connectivity index (χ3n) is 6.67. The normalized spacial score (nSPS) is 17.1.